The Kier molecular flexibility index (Phi) is 6.50. The molecular formula is C14H24N2O2. The molecule has 0 bridgehead atoms. The van der Waals surface area contributed by atoms with E-state index in [-0.39, 0.29) is 6.61 Å². The van der Waals surface area contributed by atoms with Crippen LogP contribution < -0.4 is 9.64 Å². The van der Waals surface area contributed by atoms with Crippen molar-refractivity contribution < 1.29 is 9.84 Å². The summed E-state index contributed by atoms with van der Waals surface area (Å²) < 4.78 is 5.73. The minimum absolute atomic E-state index is 0.196. The summed E-state index contributed by atoms with van der Waals surface area (Å²) in [6.45, 7) is 8.01. The summed E-state index contributed by atoms with van der Waals surface area (Å²) in [6, 6.07) is 4.17. The Bertz CT molecular complexity index is 342. The molecule has 1 rings (SSSR count). The van der Waals surface area contributed by atoms with Gasteiger partial charge in [-0.25, -0.2) is 4.98 Å². The smallest absolute Gasteiger partial charge is 0.171 e. The number of aromatic nitrogens is 1. The standard InChI is InChI=1S/C14H24N2O2/c1-4-11-18-13-7-5-8-15-14(13)16(12(2)3)9-6-10-17/h5,7-8,12,17H,4,6,9-11H2,1-3H3. The summed E-state index contributed by atoms with van der Waals surface area (Å²) in [4.78, 5) is 6.59. The zero-order valence-corrected chi connectivity index (χ0v) is 11.6. The van der Waals surface area contributed by atoms with Crippen molar-refractivity contribution in [2.75, 3.05) is 24.7 Å². The first kappa shape index (κ1) is 14.8. The van der Waals surface area contributed by atoms with Crippen LogP contribution in [0.4, 0.5) is 5.82 Å². The van der Waals surface area contributed by atoms with Gasteiger partial charge < -0.3 is 14.7 Å². The summed E-state index contributed by atoms with van der Waals surface area (Å²) in [7, 11) is 0. The molecule has 0 saturated heterocycles. The predicted molar refractivity (Wildman–Crippen MR) is 74.2 cm³/mol. The minimum atomic E-state index is 0.196. The van der Waals surface area contributed by atoms with Gasteiger partial charge in [-0.1, -0.05) is 6.92 Å². The zero-order chi connectivity index (χ0) is 13.4. The average molecular weight is 252 g/mol. The molecule has 1 aromatic rings. The van der Waals surface area contributed by atoms with Crippen molar-refractivity contribution >= 4 is 5.82 Å². The monoisotopic (exact) mass is 252 g/mol. The number of anilines is 1. The molecule has 0 aliphatic carbocycles. The first-order chi connectivity index (χ1) is 8.70. The van der Waals surface area contributed by atoms with E-state index in [9.17, 15) is 0 Å². The molecule has 102 valence electrons. The summed E-state index contributed by atoms with van der Waals surface area (Å²) in [6.07, 6.45) is 3.50. The third-order valence-electron chi connectivity index (χ3n) is 2.67. The zero-order valence-electron chi connectivity index (χ0n) is 11.6. The van der Waals surface area contributed by atoms with Crippen LogP contribution in [0.25, 0.3) is 0 Å². The number of aliphatic hydroxyl groups excluding tert-OH is 1. The maximum Gasteiger partial charge on any atom is 0.171 e. The molecule has 4 heteroatoms. The van der Waals surface area contributed by atoms with Gasteiger partial charge in [0.05, 0.1) is 6.61 Å². The fourth-order valence-corrected chi connectivity index (χ4v) is 1.77. The second-order valence-corrected chi connectivity index (χ2v) is 4.54. The second kappa shape index (κ2) is 7.93. The predicted octanol–water partition coefficient (Wildman–Crippen LogP) is 2.47. The molecule has 0 radical (unpaired) electrons. The molecule has 0 saturated carbocycles. The SMILES string of the molecule is CCCOc1cccnc1N(CCCO)C(C)C. The molecule has 0 aliphatic heterocycles. The highest BCUT2D eigenvalue weighted by atomic mass is 16.5. The van der Waals surface area contributed by atoms with Crippen LogP contribution in [-0.2, 0) is 0 Å². The average Bonchev–Trinajstić information content (AvgIpc) is 2.37. The van der Waals surface area contributed by atoms with Gasteiger partial charge in [-0.15, -0.1) is 0 Å². The number of pyridine rings is 1. The fraction of sp³-hybridized carbons (Fsp3) is 0.643. The van der Waals surface area contributed by atoms with E-state index in [0.717, 1.165) is 31.0 Å². The highest BCUT2D eigenvalue weighted by Crippen LogP contribution is 2.27. The van der Waals surface area contributed by atoms with Gasteiger partial charge in [0, 0.05) is 25.4 Å². The molecule has 1 N–H and O–H groups in total. The van der Waals surface area contributed by atoms with Gasteiger partial charge in [0.15, 0.2) is 11.6 Å². The van der Waals surface area contributed by atoms with Crippen molar-refractivity contribution in [1.29, 1.82) is 0 Å². The highest BCUT2D eigenvalue weighted by Gasteiger charge is 2.16. The quantitative estimate of drug-likeness (QED) is 0.772. The maximum atomic E-state index is 8.98. The van der Waals surface area contributed by atoms with Gasteiger partial charge in [-0.2, -0.15) is 0 Å². The first-order valence-corrected chi connectivity index (χ1v) is 6.66. The van der Waals surface area contributed by atoms with Crippen LogP contribution in [0, 0.1) is 0 Å². The van der Waals surface area contributed by atoms with Crippen LogP contribution in [0.1, 0.15) is 33.6 Å². The van der Waals surface area contributed by atoms with E-state index in [1.165, 1.54) is 0 Å². The van der Waals surface area contributed by atoms with Gasteiger partial charge >= 0.3 is 0 Å². The molecule has 1 aromatic heterocycles. The van der Waals surface area contributed by atoms with E-state index in [1.54, 1.807) is 6.20 Å². The van der Waals surface area contributed by atoms with E-state index in [4.69, 9.17) is 9.84 Å². The van der Waals surface area contributed by atoms with Crippen molar-refractivity contribution in [3.8, 4) is 5.75 Å². The van der Waals surface area contributed by atoms with E-state index < -0.39 is 0 Å². The number of aliphatic hydroxyl groups is 1. The molecule has 0 aliphatic rings. The Balaban J connectivity index is 2.88. The van der Waals surface area contributed by atoms with Crippen molar-refractivity contribution in [3.05, 3.63) is 18.3 Å². The maximum absolute atomic E-state index is 8.98. The third-order valence-corrected chi connectivity index (χ3v) is 2.67. The Labute approximate surface area is 110 Å². The van der Waals surface area contributed by atoms with Crippen molar-refractivity contribution in [2.24, 2.45) is 0 Å². The second-order valence-electron chi connectivity index (χ2n) is 4.54. The van der Waals surface area contributed by atoms with E-state index >= 15 is 0 Å². The molecule has 0 amide bonds. The van der Waals surface area contributed by atoms with Crippen molar-refractivity contribution in [3.63, 3.8) is 0 Å². The Morgan fingerprint density at radius 2 is 2.22 bits per heavy atom. The number of hydrogen-bond acceptors (Lipinski definition) is 4. The van der Waals surface area contributed by atoms with Gasteiger partial charge in [0.25, 0.3) is 0 Å². The number of rotatable bonds is 8. The number of nitrogens with zero attached hydrogens (tertiary/aromatic N) is 2. The van der Waals surface area contributed by atoms with E-state index in [2.05, 4.69) is 30.7 Å². The Hall–Kier alpha value is -1.29. The van der Waals surface area contributed by atoms with Gasteiger partial charge in [-0.3, -0.25) is 0 Å². The minimum Gasteiger partial charge on any atom is -0.490 e. The van der Waals surface area contributed by atoms with Crippen LogP contribution in [0.5, 0.6) is 5.75 Å². The molecule has 0 spiro atoms. The summed E-state index contributed by atoms with van der Waals surface area (Å²) in [5, 5.41) is 8.98. The van der Waals surface area contributed by atoms with Gasteiger partial charge in [0.2, 0.25) is 0 Å². The summed E-state index contributed by atoms with van der Waals surface area (Å²) in [5.41, 5.74) is 0. The fourth-order valence-electron chi connectivity index (χ4n) is 1.77. The van der Waals surface area contributed by atoms with Crippen molar-refractivity contribution in [2.45, 2.75) is 39.7 Å². The van der Waals surface area contributed by atoms with Crippen LogP contribution in [0.3, 0.4) is 0 Å². The molecule has 0 aromatic carbocycles. The lowest BCUT2D eigenvalue weighted by atomic mass is 10.2. The first-order valence-electron chi connectivity index (χ1n) is 6.66. The number of hydrogen-bond donors (Lipinski definition) is 1. The van der Waals surface area contributed by atoms with E-state index in [1.807, 2.05) is 12.1 Å². The topological polar surface area (TPSA) is 45.6 Å². The molecule has 0 atom stereocenters. The van der Waals surface area contributed by atoms with Crippen molar-refractivity contribution in [1.82, 2.24) is 4.98 Å². The molecule has 0 unspecified atom stereocenters. The van der Waals surface area contributed by atoms with Gasteiger partial charge in [0.1, 0.15) is 0 Å². The number of ether oxygens (including phenoxy) is 1. The normalized spacial score (nSPS) is 10.7. The molecule has 0 fully saturated rings. The van der Waals surface area contributed by atoms with Crippen LogP contribution >= 0.6 is 0 Å². The van der Waals surface area contributed by atoms with Gasteiger partial charge in [-0.05, 0) is 38.8 Å². The Morgan fingerprint density at radius 3 is 2.83 bits per heavy atom. The van der Waals surface area contributed by atoms with E-state index in [0.29, 0.717) is 12.6 Å². The van der Waals surface area contributed by atoms with Crippen LogP contribution in [-0.4, -0.2) is 35.9 Å². The lowest BCUT2D eigenvalue weighted by Gasteiger charge is -2.29. The largest absolute Gasteiger partial charge is 0.490 e. The highest BCUT2D eigenvalue weighted by molar-refractivity contribution is 5.52. The summed E-state index contributed by atoms with van der Waals surface area (Å²) >= 11 is 0. The van der Waals surface area contributed by atoms with Crippen LogP contribution in [0.2, 0.25) is 0 Å². The third kappa shape index (κ3) is 4.18. The molecule has 1 heterocycles. The summed E-state index contributed by atoms with van der Waals surface area (Å²) in [5.74, 6) is 1.69. The molecular weight excluding hydrogens is 228 g/mol. The lowest BCUT2D eigenvalue weighted by Crippen LogP contribution is -2.33. The molecule has 4 nitrogen and oxygen atoms in total. The Morgan fingerprint density at radius 1 is 1.44 bits per heavy atom. The molecule has 18 heavy (non-hydrogen) atoms. The van der Waals surface area contributed by atoms with Crippen LogP contribution in [0.15, 0.2) is 18.3 Å². The lowest BCUT2D eigenvalue weighted by molar-refractivity contribution is 0.287.